The van der Waals surface area contributed by atoms with E-state index < -0.39 is 17.4 Å². The Labute approximate surface area is 197 Å². The topological polar surface area (TPSA) is 94.5 Å². The average Bonchev–Trinajstić information content (AvgIpc) is 3.21. The van der Waals surface area contributed by atoms with Gasteiger partial charge in [-0.05, 0) is 24.1 Å². The first-order valence-corrected chi connectivity index (χ1v) is 11.1. The van der Waals surface area contributed by atoms with Crippen LogP contribution in [0.25, 0.3) is 11.2 Å². The van der Waals surface area contributed by atoms with E-state index in [0.29, 0.717) is 18.2 Å². The standard InChI is InChI=1S/C25H29N5O4/c1-17-10-8-9-13-20(17)34-16-19(31)15-30-21-22(28(3)25(33)29(4)23(21)32)26-24(30)27(2)14-18-11-6-5-7-12-18/h5-13,19,31H,14-16H2,1-4H3/t19-/m0/s1. The summed E-state index contributed by atoms with van der Waals surface area (Å²) in [5.74, 6) is 1.17. The van der Waals surface area contributed by atoms with Gasteiger partial charge in [-0.1, -0.05) is 48.5 Å². The van der Waals surface area contributed by atoms with Gasteiger partial charge in [0.05, 0.1) is 6.54 Å². The summed E-state index contributed by atoms with van der Waals surface area (Å²) in [5.41, 5.74) is 1.65. The number of aliphatic hydroxyl groups excluding tert-OH is 1. The molecule has 34 heavy (non-hydrogen) atoms. The van der Waals surface area contributed by atoms with Crippen LogP contribution < -0.4 is 20.9 Å². The molecule has 0 aliphatic rings. The van der Waals surface area contributed by atoms with Gasteiger partial charge in [-0.2, -0.15) is 4.98 Å². The average molecular weight is 464 g/mol. The second-order valence-electron chi connectivity index (χ2n) is 8.47. The Morgan fingerprint density at radius 2 is 1.71 bits per heavy atom. The number of hydrogen-bond donors (Lipinski definition) is 1. The fraction of sp³-hybridized carbons (Fsp3) is 0.320. The number of aliphatic hydroxyl groups is 1. The van der Waals surface area contributed by atoms with Crippen molar-refractivity contribution in [2.75, 3.05) is 18.6 Å². The Bertz CT molecular complexity index is 1420. The molecule has 0 spiro atoms. The molecule has 2 aromatic heterocycles. The summed E-state index contributed by atoms with van der Waals surface area (Å²) in [5, 5.41) is 10.8. The molecule has 9 heteroatoms. The lowest BCUT2D eigenvalue weighted by molar-refractivity contribution is 0.0933. The minimum absolute atomic E-state index is 0.0401. The van der Waals surface area contributed by atoms with Gasteiger partial charge in [0.2, 0.25) is 5.95 Å². The molecule has 0 unspecified atom stereocenters. The smallest absolute Gasteiger partial charge is 0.332 e. The van der Waals surface area contributed by atoms with Crippen LogP contribution in [0.15, 0.2) is 64.2 Å². The van der Waals surface area contributed by atoms with Gasteiger partial charge in [-0.15, -0.1) is 0 Å². The number of imidazole rings is 1. The highest BCUT2D eigenvalue weighted by Gasteiger charge is 2.23. The van der Waals surface area contributed by atoms with Crippen molar-refractivity contribution >= 4 is 17.1 Å². The fourth-order valence-electron chi connectivity index (χ4n) is 4.00. The van der Waals surface area contributed by atoms with E-state index in [1.807, 2.05) is 73.5 Å². The van der Waals surface area contributed by atoms with E-state index in [1.54, 1.807) is 11.6 Å². The summed E-state index contributed by atoms with van der Waals surface area (Å²) in [6.45, 7) is 2.59. The van der Waals surface area contributed by atoms with Gasteiger partial charge in [0.25, 0.3) is 5.56 Å². The van der Waals surface area contributed by atoms with E-state index in [0.717, 1.165) is 15.7 Å². The summed E-state index contributed by atoms with van der Waals surface area (Å²) in [4.78, 5) is 32.1. The lowest BCUT2D eigenvalue weighted by atomic mass is 10.2. The zero-order chi connectivity index (χ0) is 24.4. The molecule has 0 bridgehead atoms. The van der Waals surface area contributed by atoms with E-state index in [4.69, 9.17) is 4.74 Å². The lowest BCUT2D eigenvalue weighted by Gasteiger charge is -2.22. The highest BCUT2D eigenvalue weighted by Crippen LogP contribution is 2.22. The third-order valence-corrected chi connectivity index (χ3v) is 5.85. The summed E-state index contributed by atoms with van der Waals surface area (Å²) in [7, 11) is 4.89. The largest absolute Gasteiger partial charge is 0.491 e. The van der Waals surface area contributed by atoms with Crippen LogP contribution in [-0.4, -0.2) is 43.6 Å². The molecular weight excluding hydrogens is 434 g/mol. The van der Waals surface area contributed by atoms with Gasteiger partial charge in [0.15, 0.2) is 11.2 Å². The number of aryl methyl sites for hydroxylation is 2. The Hall–Kier alpha value is -3.85. The van der Waals surface area contributed by atoms with Crippen molar-refractivity contribution in [3.05, 3.63) is 86.6 Å². The number of para-hydroxylation sites is 1. The maximum Gasteiger partial charge on any atom is 0.332 e. The first kappa shape index (κ1) is 23.3. The summed E-state index contributed by atoms with van der Waals surface area (Å²) >= 11 is 0. The van der Waals surface area contributed by atoms with Crippen molar-refractivity contribution in [1.29, 1.82) is 0 Å². The normalized spacial score (nSPS) is 12.1. The monoisotopic (exact) mass is 463 g/mol. The minimum atomic E-state index is -0.914. The van der Waals surface area contributed by atoms with Crippen LogP contribution in [-0.2, 0) is 27.2 Å². The van der Waals surface area contributed by atoms with Gasteiger partial charge >= 0.3 is 5.69 Å². The molecule has 4 rings (SSSR count). The molecule has 0 aliphatic carbocycles. The zero-order valence-electron chi connectivity index (χ0n) is 19.8. The van der Waals surface area contributed by atoms with Gasteiger partial charge in [0.1, 0.15) is 18.5 Å². The molecule has 0 fully saturated rings. The molecule has 2 aromatic carbocycles. The van der Waals surface area contributed by atoms with E-state index in [9.17, 15) is 14.7 Å². The van der Waals surface area contributed by atoms with E-state index in [2.05, 4.69) is 4.98 Å². The molecule has 4 aromatic rings. The minimum Gasteiger partial charge on any atom is -0.491 e. The van der Waals surface area contributed by atoms with Crippen LogP contribution in [0.3, 0.4) is 0 Å². The second-order valence-corrected chi connectivity index (χ2v) is 8.47. The highest BCUT2D eigenvalue weighted by molar-refractivity contribution is 5.74. The number of aromatic nitrogens is 4. The first-order chi connectivity index (χ1) is 16.3. The van der Waals surface area contributed by atoms with Crippen molar-refractivity contribution in [3.8, 4) is 5.75 Å². The molecule has 0 amide bonds. The SMILES string of the molecule is Cc1ccccc1OC[C@@H](O)Cn1c(N(C)Cc2ccccc2)nc2c1c(=O)n(C)c(=O)n2C. The molecular formula is C25H29N5O4. The summed E-state index contributed by atoms with van der Waals surface area (Å²) < 4.78 is 9.89. The van der Waals surface area contributed by atoms with Crippen LogP contribution >= 0.6 is 0 Å². The molecule has 1 atom stereocenters. The Morgan fingerprint density at radius 3 is 2.41 bits per heavy atom. The van der Waals surface area contributed by atoms with Crippen molar-refractivity contribution in [3.63, 3.8) is 0 Å². The maximum absolute atomic E-state index is 13.1. The zero-order valence-corrected chi connectivity index (χ0v) is 19.8. The molecule has 2 heterocycles. The number of nitrogens with zero attached hydrogens (tertiary/aromatic N) is 5. The van der Waals surface area contributed by atoms with Crippen LogP contribution in [0.4, 0.5) is 5.95 Å². The summed E-state index contributed by atoms with van der Waals surface area (Å²) in [6.07, 6.45) is -0.914. The third-order valence-electron chi connectivity index (χ3n) is 5.85. The predicted octanol–water partition coefficient (Wildman–Crippen LogP) is 1.82. The van der Waals surface area contributed by atoms with Crippen LogP contribution in [0.1, 0.15) is 11.1 Å². The van der Waals surface area contributed by atoms with Gasteiger partial charge in [0, 0.05) is 27.7 Å². The molecule has 1 N–H and O–H groups in total. The third kappa shape index (κ3) is 4.47. The van der Waals surface area contributed by atoms with Gasteiger partial charge in [-0.3, -0.25) is 13.9 Å². The fourth-order valence-corrected chi connectivity index (χ4v) is 4.00. The summed E-state index contributed by atoms with van der Waals surface area (Å²) in [6, 6.07) is 17.4. The molecule has 178 valence electrons. The Kier molecular flexibility index (Phi) is 6.56. The number of anilines is 1. The Morgan fingerprint density at radius 1 is 1.03 bits per heavy atom. The first-order valence-electron chi connectivity index (χ1n) is 11.1. The van der Waals surface area contributed by atoms with Crippen LogP contribution in [0, 0.1) is 6.92 Å². The van der Waals surface area contributed by atoms with Gasteiger partial charge in [-0.25, -0.2) is 4.79 Å². The second kappa shape index (κ2) is 9.56. The number of ether oxygens (including phenoxy) is 1. The number of rotatable bonds is 8. The van der Waals surface area contributed by atoms with Crippen molar-refractivity contribution < 1.29 is 9.84 Å². The Balaban J connectivity index is 1.72. The molecule has 9 nitrogen and oxygen atoms in total. The van der Waals surface area contributed by atoms with Gasteiger partial charge < -0.3 is 19.3 Å². The van der Waals surface area contributed by atoms with Crippen molar-refractivity contribution in [2.45, 2.75) is 26.1 Å². The van der Waals surface area contributed by atoms with E-state index in [1.165, 1.54) is 11.6 Å². The molecule has 0 saturated carbocycles. The lowest BCUT2D eigenvalue weighted by Crippen LogP contribution is -2.38. The number of hydrogen-bond acceptors (Lipinski definition) is 6. The van der Waals surface area contributed by atoms with Crippen molar-refractivity contribution in [2.24, 2.45) is 14.1 Å². The van der Waals surface area contributed by atoms with E-state index in [-0.39, 0.29) is 24.3 Å². The number of fused-ring (bicyclic) bond motifs is 1. The quantitative estimate of drug-likeness (QED) is 0.428. The predicted molar refractivity (Wildman–Crippen MR) is 131 cm³/mol. The van der Waals surface area contributed by atoms with Crippen LogP contribution in [0.5, 0.6) is 5.75 Å². The van der Waals surface area contributed by atoms with Crippen molar-refractivity contribution in [1.82, 2.24) is 18.7 Å². The highest BCUT2D eigenvalue weighted by atomic mass is 16.5. The molecule has 0 aliphatic heterocycles. The number of benzene rings is 2. The molecule has 0 saturated heterocycles. The molecule has 0 radical (unpaired) electrons. The van der Waals surface area contributed by atoms with Crippen LogP contribution in [0.2, 0.25) is 0 Å². The maximum atomic E-state index is 13.1. The van der Waals surface area contributed by atoms with E-state index >= 15 is 0 Å².